The van der Waals surface area contributed by atoms with E-state index in [9.17, 15) is 19.5 Å². The average Bonchev–Trinajstić information content (AvgIpc) is 2.89. The lowest BCUT2D eigenvalue weighted by Crippen LogP contribution is -2.53. The number of benzene rings is 3. The van der Waals surface area contributed by atoms with E-state index >= 15 is 0 Å². The summed E-state index contributed by atoms with van der Waals surface area (Å²) in [4.78, 5) is 42.6. The standard InChI is InChI=1S/C32H38ClN3O5/c1-6-18-36(30(39)26(19-22-13-8-7-9-14-22)34-31(40)41-32(3,4)5)28(23-15-11-16-24(37)20-23)29(38)35-27-21(2)12-10-17-25(27)33/h7-17,20,26,28,37H,6,18-19H2,1-5H3,(H,34,40)(H,35,38). The highest BCUT2D eigenvalue weighted by molar-refractivity contribution is 6.34. The minimum absolute atomic E-state index is 0.0502. The average molecular weight is 580 g/mol. The summed E-state index contributed by atoms with van der Waals surface area (Å²) < 4.78 is 5.46. The number of hydrogen-bond acceptors (Lipinski definition) is 5. The zero-order chi connectivity index (χ0) is 30.2. The second kappa shape index (κ2) is 14.0. The Morgan fingerprint density at radius 3 is 2.29 bits per heavy atom. The van der Waals surface area contributed by atoms with Crippen molar-refractivity contribution in [3.8, 4) is 5.75 Å². The van der Waals surface area contributed by atoms with Crippen LogP contribution in [0.25, 0.3) is 0 Å². The highest BCUT2D eigenvalue weighted by atomic mass is 35.5. The molecule has 3 aromatic carbocycles. The number of nitrogens with zero attached hydrogens (tertiary/aromatic N) is 1. The Kier molecular flexibility index (Phi) is 10.8. The van der Waals surface area contributed by atoms with Crippen molar-refractivity contribution in [2.45, 2.75) is 65.1 Å². The molecular formula is C32H38ClN3O5. The first kappa shape index (κ1) is 31.5. The van der Waals surface area contributed by atoms with Crippen LogP contribution in [0.15, 0.2) is 72.8 Å². The molecular weight excluding hydrogens is 542 g/mol. The van der Waals surface area contributed by atoms with Crippen LogP contribution < -0.4 is 10.6 Å². The molecule has 0 aromatic heterocycles. The van der Waals surface area contributed by atoms with Gasteiger partial charge in [-0.15, -0.1) is 0 Å². The van der Waals surface area contributed by atoms with Gasteiger partial charge in [0.1, 0.15) is 23.4 Å². The number of aryl methyl sites for hydroxylation is 1. The summed E-state index contributed by atoms with van der Waals surface area (Å²) in [6.45, 7) is 9.13. The molecule has 0 aliphatic rings. The van der Waals surface area contributed by atoms with E-state index < -0.39 is 35.6 Å². The van der Waals surface area contributed by atoms with Crippen LogP contribution in [0.1, 0.15) is 56.8 Å². The Morgan fingerprint density at radius 1 is 1.00 bits per heavy atom. The first-order valence-corrected chi connectivity index (χ1v) is 14.0. The number of carbonyl (C=O) groups excluding carboxylic acids is 3. The second-order valence-corrected chi connectivity index (χ2v) is 11.2. The molecule has 3 rings (SSSR count). The first-order valence-electron chi connectivity index (χ1n) is 13.6. The van der Waals surface area contributed by atoms with E-state index in [2.05, 4.69) is 10.6 Å². The van der Waals surface area contributed by atoms with Gasteiger partial charge in [-0.25, -0.2) is 4.79 Å². The molecule has 8 nitrogen and oxygen atoms in total. The third-order valence-electron chi connectivity index (χ3n) is 6.24. The second-order valence-electron chi connectivity index (χ2n) is 10.8. The summed E-state index contributed by atoms with van der Waals surface area (Å²) in [6.07, 6.45) is -0.0329. The lowest BCUT2D eigenvalue weighted by atomic mass is 9.99. The van der Waals surface area contributed by atoms with Crippen LogP contribution in [0.4, 0.5) is 10.5 Å². The van der Waals surface area contributed by atoms with Crippen molar-refractivity contribution in [1.82, 2.24) is 10.2 Å². The van der Waals surface area contributed by atoms with Gasteiger partial charge in [0.25, 0.3) is 5.91 Å². The molecule has 0 fully saturated rings. The summed E-state index contributed by atoms with van der Waals surface area (Å²) in [6, 6.07) is 18.6. The maximum atomic E-state index is 14.3. The van der Waals surface area contributed by atoms with E-state index in [1.807, 2.05) is 50.2 Å². The van der Waals surface area contributed by atoms with Gasteiger partial charge >= 0.3 is 6.09 Å². The van der Waals surface area contributed by atoms with Crippen molar-refractivity contribution in [2.75, 3.05) is 11.9 Å². The summed E-state index contributed by atoms with van der Waals surface area (Å²) in [5, 5.41) is 16.3. The van der Waals surface area contributed by atoms with Crippen molar-refractivity contribution in [2.24, 2.45) is 0 Å². The van der Waals surface area contributed by atoms with Crippen LogP contribution in [0, 0.1) is 6.92 Å². The Balaban J connectivity index is 2.06. The molecule has 218 valence electrons. The van der Waals surface area contributed by atoms with Crippen molar-refractivity contribution in [3.63, 3.8) is 0 Å². The van der Waals surface area contributed by atoms with Gasteiger partial charge in [-0.1, -0.05) is 73.1 Å². The smallest absolute Gasteiger partial charge is 0.408 e. The summed E-state index contributed by atoms with van der Waals surface area (Å²) >= 11 is 6.41. The number of amides is 3. The Hall–Kier alpha value is -4.04. The fraction of sp³-hybridized carbons (Fsp3) is 0.344. The third kappa shape index (κ3) is 8.98. The fourth-order valence-electron chi connectivity index (χ4n) is 4.46. The van der Waals surface area contributed by atoms with Gasteiger partial charge in [-0.3, -0.25) is 9.59 Å². The van der Waals surface area contributed by atoms with Crippen LogP contribution in [-0.2, 0) is 20.7 Å². The number of aromatic hydroxyl groups is 1. The predicted molar refractivity (Wildman–Crippen MR) is 161 cm³/mol. The van der Waals surface area contributed by atoms with E-state index in [1.54, 1.807) is 45.0 Å². The molecule has 0 heterocycles. The molecule has 9 heteroatoms. The molecule has 0 aliphatic carbocycles. The highest BCUT2D eigenvalue weighted by Crippen LogP contribution is 2.30. The minimum atomic E-state index is -1.14. The van der Waals surface area contributed by atoms with Crippen LogP contribution in [0.5, 0.6) is 5.75 Å². The van der Waals surface area contributed by atoms with E-state index in [0.29, 0.717) is 22.7 Å². The maximum absolute atomic E-state index is 14.3. The number of rotatable bonds is 10. The summed E-state index contributed by atoms with van der Waals surface area (Å²) in [5.74, 6) is -1.03. The van der Waals surface area contributed by atoms with Gasteiger partial charge in [0, 0.05) is 13.0 Å². The lowest BCUT2D eigenvalue weighted by molar-refractivity contribution is -0.140. The fourth-order valence-corrected chi connectivity index (χ4v) is 4.73. The first-order chi connectivity index (χ1) is 19.4. The minimum Gasteiger partial charge on any atom is -0.508 e. The number of carbonyl (C=O) groups is 3. The Labute approximate surface area is 246 Å². The van der Waals surface area contributed by atoms with Gasteiger partial charge in [0.15, 0.2) is 0 Å². The lowest BCUT2D eigenvalue weighted by Gasteiger charge is -2.34. The molecule has 3 N–H and O–H groups in total. The quantitative estimate of drug-likeness (QED) is 0.257. The molecule has 2 atom stereocenters. The van der Waals surface area contributed by atoms with Crippen molar-refractivity contribution in [3.05, 3.63) is 94.5 Å². The zero-order valence-corrected chi connectivity index (χ0v) is 24.9. The van der Waals surface area contributed by atoms with Crippen molar-refractivity contribution < 1.29 is 24.2 Å². The van der Waals surface area contributed by atoms with Crippen LogP contribution in [0.3, 0.4) is 0 Å². The van der Waals surface area contributed by atoms with Gasteiger partial charge in [-0.2, -0.15) is 0 Å². The van der Waals surface area contributed by atoms with Crippen molar-refractivity contribution in [1.29, 1.82) is 0 Å². The van der Waals surface area contributed by atoms with Gasteiger partial charge < -0.3 is 25.4 Å². The number of ether oxygens (including phenoxy) is 1. The van der Waals surface area contributed by atoms with Gasteiger partial charge in [0.2, 0.25) is 5.91 Å². The SMILES string of the molecule is CCCN(C(=O)C(Cc1ccccc1)NC(=O)OC(C)(C)C)C(C(=O)Nc1c(C)cccc1Cl)c1cccc(O)c1. The number of para-hydroxylation sites is 1. The maximum Gasteiger partial charge on any atom is 0.408 e. The largest absolute Gasteiger partial charge is 0.508 e. The van der Waals surface area contributed by atoms with E-state index in [0.717, 1.165) is 11.1 Å². The molecule has 0 radical (unpaired) electrons. The molecule has 0 spiro atoms. The zero-order valence-electron chi connectivity index (χ0n) is 24.1. The number of halogens is 1. The Bertz CT molecular complexity index is 1340. The molecule has 3 aromatic rings. The van der Waals surface area contributed by atoms with Crippen LogP contribution >= 0.6 is 11.6 Å². The van der Waals surface area contributed by atoms with E-state index in [4.69, 9.17) is 16.3 Å². The summed E-state index contributed by atoms with van der Waals surface area (Å²) in [5.41, 5.74) is 1.64. The molecule has 0 saturated carbocycles. The Morgan fingerprint density at radius 2 is 1.68 bits per heavy atom. The molecule has 0 saturated heterocycles. The molecule has 0 bridgehead atoms. The topological polar surface area (TPSA) is 108 Å². The number of phenols is 1. The normalized spacial score (nSPS) is 12.6. The monoisotopic (exact) mass is 579 g/mol. The molecule has 2 unspecified atom stereocenters. The van der Waals surface area contributed by atoms with Crippen LogP contribution in [-0.4, -0.2) is 46.1 Å². The number of anilines is 1. The van der Waals surface area contributed by atoms with Gasteiger partial charge in [-0.05, 0) is 69.0 Å². The van der Waals surface area contributed by atoms with E-state index in [1.165, 1.54) is 17.0 Å². The summed E-state index contributed by atoms with van der Waals surface area (Å²) in [7, 11) is 0. The van der Waals surface area contributed by atoms with Crippen molar-refractivity contribution >= 4 is 35.2 Å². The van der Waals surface area contributed by atoms with E-state index in [-0.39, 0.29) is 18.7 Å². The number of nitrogens with one attached hydrogen (secondary N) is 2. The third-order valence-corrected chi connectivity index (χ3v) is 6.55. The molecule has 41 heavy (non-hydrogen) atoms. The highest BCUT2D eigenvalue weighted by Gasteiger charge is 2.36. The van der Waals surface area contributed by atoms with Crippen LogP contribution in [0.2, 0.25) is 5.02 Å². The molecule has 0 aliphatic heterocycles. The van der Waals surface area contributed by atoms with Gasteiger partial charge in [0.05, 0.1) is 10.7 Å². The number of hydrogen-bond donors (Lipinski definition) is 3. The predicted octanol–water partition coefficient (Wildman–Crippen LogP) is 6.41. The number of phenolic OH excluding ortho intramolecular Hbond substituents is 1. The number of alkyl carbamates (subject to hydrolysis) is 1. The molecule has 3 amide bonds.